The van der Waals surface area contributed by atoms with E-state index in [1.54, 1.807) is 13.8 Å². The van der Waals surface area contributed by atoms with Gasteiger partial charge in [0.25, 0.3) is 5.91 Å². The molecule has 34 heavy (non-hydrogen) atoms. The Morgan fingerprint density at radius 2 is 1.68 bits per heavy atom. The molecule has 3 rings (SSSR count). The number of carbonyl (C=O) groups excluding carboxylic acids is 2. The number of hydrogen-bond acceptors (Lipinski definition) is 5. The minimum absolute atomic E-state index is 0.0834. The molecule has 2 atom stereocenters. The van der Waals surface area contributed by atoms with Gasteiger partial charge in [-0.1, -0.05) is 6.07 Å². The van der Waals surface area contributed by atoms with Crippen LogP contribution in [0.25, 0.3) is 0 Å². The first-order chi connectivity index (χ1) is 15.8. The summed E-state index contributed by atoms with van der Waals surface area (Å²) >= 11 is 0. The highest BCUT2D eigenvalue weighted by Crippen LogP contribution is 2.37. The highest BCUT2D eigenvalue weighted by atomic mass is 32.2. The Labute approximate surface area is 195 Å². The van der Waals surface area contributed by atoms with Gasteiger partial charge >= 0.3 is 6.18 Å². The molecule has 1 aliphatic rings. The van der Waals surface area contributed by atoms with E-state index in [1.165, 1.54) is 28.6 Å². The number of nitrogens with zero attached hydrogens (tertiary/aromatic N) is 1. The van der Waals surface area contributed by atoms with Crippen molar-refractivity contribution in [3.63, 3.8) is 0 Å². The lowest BCUT2D eigenvalue weighted by atomic mass is 10.1. The summed E-state index contributed by atoms with van der Waals surface area (Å²) in [6.07, 6.45) is -5.44. The zero-order valence-corrected chi connectivity index (χ0v) is 19.5. The van der Waals surface area contributed by atoms with Crippen molar-refractivity contribution in [1.82, 2.24) is 4.31 Å². The van der Waals surface area contributed by atoms with E-state index in [-0.39, 0.29) is 41.4 Å². The first-order valence-corrected chi connectivity index (χ1v) is 11.8. The van der Waals surface area contributed by atoms with Crippen LogP contribution in [0.3, 0.4) is 0 Å². The highest BCUT2D eigenvalue weighted by Gasteiger charge is 2.35. The molecule has 0 saturated carbocycles. The van der Waals surface area contributed by atoms with E-state index in [4.69, 9.17) is 4.74 Å². The molecule has 1 aliphatic heterocycles. The number of hydrogen-bond donors (Lipinski definition) is 2. The number of alkyl halides is 3. The van der Waals surface area contributed by atoms with Crippen LogP contribution in [0.5, 0.6) is 0 Å². The summed E-state index contributed by atoms with van der Waals surface area (Å²) in [7, 11) is -3.95. The Morgan fingerprint density at radius 1 is 1.03 bits per heavy atom. The fourth-order valence-electron chi connectivity index (χ4n) is 3.64. The molecular formula is C22H24F3N3O5S. The van der Waals surface area contributed by atoms with Gasteiger partial charge in [0.2, 0.25) is 15.9 Å². The summed E-state index contributed by atoms with van der Waals surface area (Å²) in [5.74, 6) is -1.47. The third kappa shape index (κ3) is 5.93. The second-order valence-corrected chi connectivity index (χ2v) is 9.94. The summed E-state index contributed by atoms with van der Waals surface area (Å²) in [6, 6.07) is 8.03. The number of amides is 2. The lowest BCUT2D eigenvalue weighted by molar-refractivity contribution is -0.137. The van der Waals surface area contributed by atoms with Gasteiger partial charge in [0, 0.05) is 31.3 Å². The van der Waals surface area contributed by atoms with E-state index < -0.39 is 39.3 Å². The fraction of sp³-hybridized carbons (Fsp3) is 0.364. The first kappa shape index (κ1) is 25.7. The Bertz CT molecular complexity index is 1190. The average molecular weight is 500 g/mol. The van der Waals surface area contributed by atoms with Crippen molar-refractivity contribution in [3.05, 3.63) is 53.6 Å². The summed E-state index contributed by atoms with van der Waals surface area (Å²) in [5.41, 5.74) is -1.91. The monoisotopic (exact) mass is 499 g/mol. The molecule has 0 aliphatic carbocycles. The lowest BCUT2D eigenvalue weighted by Gasteiger charge is -2.34. The number of sulfonamides is 1. The summed E-state index contributed by atoms with van der Waals surface area (Å²) in [4.78, 5) is 23.7. The quantitative estimate of drug-likeness (QED) is 0.653. The van der Waals surface area contributed by atoms with Gasteiger partial charge < -0.3 is 15.4 Å². The molecule has 0 bridgehead atoms. The van der Waals surface area contributed by atoms with E-state index in [9.17, 15) is 31.2 Å². The van der Waals surface area contributed by atoms with Gasteiger partial charge in [0.05, 0.1) is 28.4 Å². The van der Waals surface area contributed by atoms with Gasteiger partial charge in [-0.3, -0.25) is 9.59 Å². The second kappa shape index (κ2) is 9.72. The molecule has 1 fully saturated rings. The van der Waals surface area contributed by atoms with Crippen LogP contribution in [-0.4, -0.2) is 49.8 Å². The number of halogens is 3. The molecule has 2 aromatic rings. The third-order valence-corrected chi connectivity index (χ3v) is 6.84. The molecule has 2 aromatic carbocycles. The molecule has 2 unspecified atom stereocenters. The van der Waals surface area contributed by atoms with Crippen molar-refractivity contribution < 1.29 is 35.9 Å². The molecule has 0 radical (unpaired) electrons. The van der Waals surface area contributed by atoms with E-state index in [0.717, 1.165) is 19.1 Å². The molecule has 2 amide bonds. The van der Waals surface area contributed by atoms with E-state index >= 15 is 0 Å². The molecule has 1 saturated heterocycles. The van der Waals surface area contributed by atoms with Crippen LogP contribution in [-0.2, 0) is 25.7 Å². The Balaban J connectivity index is 1.88. The number of morpholine rings is 1. The SMILES string of the molecule is CC(=O)Nc1ccc(NC(=O)c2cccc(S(=O)(=O)N3CC(C)OC(C)C3)c2)c(C(F)(F)F)c1. The standard InChI is InChI=1S/C22H24F3N3O5S/c1-13-11-28(12-14(2)33-13)34(31,32)18-6-4-5-16(9-18)21(30)27-20-8-7-17(26-15(3)29)10-19(20)22(23,24)25/h4-10,13-14H,11-12H2,1-3H3,(H,26,29)(H,27,30). The van der Waals surface area contributed by atoms with Crippen molar-refractivity contribution in [2.24, 2.45) is 0 Å². The molecule has 0 aromatic heterocycles. The van der Waals surface area contributed by atoms with E-state index in [0.29, 0.717) is 6.07 Å². The maximum atomic E-state index is 13.5. The average Bonchev–Trinajstić information content (AvgIpc) is 2.73. The highest BCUT2D eigenvalue weighted by molar-refractivity contribution is 7.89. The van der Waals surface area contributed by atoms with Gasteiger partial charge in [-0.25, -0.2) is 8.42 Å². The summed E-state index contributed by atoms with van der Waals surface area (Å²) in [5, 5.41) is 4.45. The van der Waals surface area contributed by atoms with Crippen LogP contribution in [0.2, 0.25) is 0 Å². The molecule has 8 nitrogen and oxygen atoms in total. The van der Waals surface area contributed by atoms with Gasteiger partial charge in [0.1, 0.15) is 0 Å². The zero-order chi connectivity index (χ0) is 25.3. The lowest BCUT2D eigenvalue weighted by Crippen LogP contribution is -2.48. The molecule has 12 heteroatoms. The third-order valence-electron chi connectivity index (χ3n) is 5.01. The minimum Gasteiger partial charge on any atom is -0.373 e. The smallest absolute Gasteiger partial charge is 0.373 e. The van der Waals surface area contributed by atoms with Crippen LogP contribution < -0.4 is 10.6 Å². The molecular weight excluding hydrogens is 475 g/mol. The van der Waals surface area contributed by atoms with E-state index in [2.05, 4.69) is 10.6 Å². The number of rotatable bonds is 5. The number of anilines is 2. The van der Waals surface area contributed by atoms with Crippen molar-refractivity contribution in [2.75, 3.05) is 23.7 Å². The maximum absolute atomic E-state index is 13.5. The number of carbonyl (C=O) groups is 2. The fourth-order valence-corrected chi connectivity index (χ4v) is 5.27. The Morgan fingerprint density at radius 3 is 2.26 bits per heavy atom. The maximum Gasteiger partial charge on any atom is 0.418 e. The molecule has 0 spiro atoms. The Kier molecular flexibility index (Phi) is 7.34. The first-order valence-electron chi connectivity index (χ1n) is 10.3. The summed E-state index contributed by atoms with van der Waals surface area (Å²) < 4.78 is 73.6. The molecule has 184 valence electrons. The molecule has 1 heterocycles. The normalized spacial score (nSPS) is 19.5. The van der Waals surface area contributed by atoms with Gasteiger partial charge in [-0.05, 0) is 50.2 Å². The van der Waals surface area contributed by atoms with Crippen LogP contribution in [0.1, 0.15) is 36.7 Å². The van der Waals surface area contributed by atoms with Crippen molar-refractivity contribution in [2.45, 2.75) is 44.1 Å². The van der Waals surface area contributed by atoms with Gasteiger partial charge in [0.15, 0.2) is 0 Å². The number of benzene rings is 2. The largest absolute Gasteiger partial charge is 0.418 e. The Hall–Kier alpha value is -2.96. The van der Waals surface area contributed by atoms with Gasteiger partial charge in [-0.15, -0.1) is 0 Å². The van der Waals surface area contributed by atoms with E-state index in [1.807, 2.05) is 0 Å². The van der Waals surface area contributed by atoms with Crippen molar-refractivity contribution >= 4 is 33.2 Å². The van der Waals surface area contributed by atoms with Crippen LogP contribution in [0.4, 0.5) is 24.5 Å². The number of ether oxygens (including phenoxy) is 1. The van der Waals surface area contributed by atoms with Crippen LogP contribution in [0, 0.1) is 0 Å². The minimum atomic E-state index is -4.81. The van der Waals surface area contributed by atoms with Crippen LogP contribution >= 0.6 is 0 Å². The van der Waals surface area contributed by atoms with Crippen molar-refractivity contribution in [3.8, 4) is 0 Å². The second-order valence-electron chi connectivity index (χ2n) is 8.00. The predicted octanol–water partition coefficient (Wildman–Crippen LogP) is 3.71. The van der Waals surface area contributed by atoms with Crippen molar-refractivity contribution in [1.29, 1.82) is 0 Å². The topological polar surface area (TPSA) is 105 Å². The number of nitrogens with one attached hydrogen (secondary N) is 2. The zero-order valence-electron chi connectivity index (χ0n) is 18.6. The molecule has 2 N–H and O–H groups in total. The predicted molar refractivity (Wildman–Crippen MR) is 119 cm³/mol. The van der Waals surface area contributed by atoms with Crippen LogP contribution in [0.15, 0.2) is 47.4 Å². The van der Waals surface area contributed by atoms with Gasteiger partial charge in [-0.2, -0.15) is 17.5 Å². The summed E-state index contributed by atoms with van der Waals surface area (Å²) in [6.45, 7) is 4.93.